The SMILES string of the molecule is CC1=C(C(=O)c2ccc([N+](=O)[O-])cc2)C(=O)OC1. The number of carbonyl (C=O) groups is 2. The van der Waals surface area contributed by atoms with Crippen LogP contribution in [0.2, 0.25) is 0 Å². The summed E-state index contributed by atoms with van der Waals surface area (Å²) in [4.78, 5) is 33.3. The normalized spacial score (nSPS) is 14.6. The minimum atomic E-state index is -0.643. The highest BCUT2D eigenvalue weighted by atomic mass is 16.6. The number of non-ortho nitro benzene ring substituents is 1. The van der Waals surface area contributed by atoms with Crippen LogP contribution in [0.15, 0.2) is 35.4 Å². The van der Waals surface area contributed by atoms with Crippen LogP contribution in [-0.2, 0) is 9.53 Å². The number of cyclic esters (lactones) is 1. The Kier molecular flexibility index (Phi) is 2.93. The third-order valence-corrected chi connectivity index (χ3v) is 2.62. The fraction of sp³-hybridized carbons (Fsp3) is 0.167. The van der Waals surface area contributed by atoms with E-state index in [-0.39, 0.29) is 23.4 Å². The molecule has 0 saturated carbocycles. The monoisotopic (exact) mass is 247 g/mol. The molecule has 0 aliphatic carbocycles. The summed E-state index contributed by atoms with van der Waals surface area (Å²) in [6, 6.07) is 5.10. The quantitative estimate of drug-likeness (QED) is 0.266. The summed E-state index contributed by atoms with van der Waals surface area (Å²) < 4.78 is 4.74. The van der Waals surface area contributed by atoms with Gasteiger partial charge in [-0.1, -0.05) is 0 Å². The summed E-state index contributed by atoms with van der Waals surface area (Å²) in [6.07, 6.45) is 0. The summed E-state index contributed by atoms with van der Waals surface area (Å²) in [7, 11) is 0. The van der Waals surface area contributed by atoms with Crippen molar-refractivity contribution in [2.45, 2.75) is 6.92 Å². The maximum atomic E-state index is 12.0. The lowest BCUT2D eigenvalue weighted by molar-refractivity contribution is -0.384. The molecule has 0 unspecified atom stereocenters. The van der Waals surface area contributed by atoms with Gasteiger partial charge in [0.1, 0.15) is 12.2 Å². The van der Waals surface area contributed by atoms with Gasteiger partial charge in [0.05, 0.1) is 4.92 Å². The average Bonchev–Trinajstić information content (AvgIpc) is 2.68. The highest BCUT2D eigenvalue weighted by molar-refractivity contribution is 6.25. The maximum Gasteiger partial charge on any atom is 0.342 e. The Bertz CT molecular complexity index is 571. The lowest BCUT2D eigenvalue weighted by Crippen LogP contribution is -2.11. The second-order valence-electron chi connectivity index (χ2n) is 3.86. The van der Waals surface area contributed by atoms with Gasteiger partial charge in [-0.15, -0.1) is 0 Å². The fourth-order valence-electron chi connectivity index (χ4n) is 1.66. The van der Waals surface area contributed by atoms with Crippen LogP contribution in [0.25, 0.3) is 0 Å². The summed E-state index contributed by atoms with van der Waals surface area (Å²) in [6.45, 7) is 1.76. The summed E-state index contributed by atoms with van der Waals surface area (Å²) in [5, 5.41) is 10.5. The van der Waals surface area contributed by atoms with Crippen molar-refractivity contribution in [3.8, 4) is 0 Å². The minimum Gasteiger partial charge on any atom is -0.457 e. The maximum absolute atomic E-state index is 12.0. The molecule has 92 valence electrons. The first-order valence-electron chi connectivity index (χ1n) is 5.16. The van der Waals surface area contributed by atoms with Gasteiger partial charge in [-0.2, -0.15) is 0 Å². The lowest BCUT2D eigenvalue weighted by atomic mass is 10.0. The Morgan fingerprint density at radius 2 is 1.94 bits per heavy atom. The number of benzene rings is 1. The smallest absolute Gasteiger partial charge is 0.342 e. The van der Waals surface area contributed by atoms with Crippen molar-refractivity contribution in [3.63, 3.8) is 0 Å². The van der Waals surface area contributed by atoms with Crippen LogP contribution in [0.1, 0.15) is 17.3 Å². The minimum absolute atomic E-state index is 0.0175. The van der Waals surface area contributed by atoms with Gasteiger partial charge in [-0.05, 0) is 24.6 Å². The van der Waals surface area contributed by atoms with E-state index >= 15 is 0 Å². The van der Waals surface area contributed by atoms with Crippen molar-refractivity contribution in [1.29, 1.82) is 0 Å². The van der Waals surface area contributed by atoms with Gasteiger partial charge in [-0.25, -0.2) is 4.79 Å². The fourth-order valence-corrected chi connectivity index (χ4v) is 1.66. The van der Waals surface area contributed by atoms with Crippen LogP contribution in [0.4, 0.5) is 5.69 Å². The van der Waals surface area contributed by atoms with Crippen LogP contribution in [0.3, 0.4) is 0 Å². The molecule has 2 rings (SSSR count). The molecule has 6 nitrogen and oxygen atoms in total. The highest BCUT2D eigenvalue weighted by Gasteiger charge is 2.29. The lowest BCUT2D eigenvalue weighted by Gasteiger charge is -2.00. The van der Waals surface area contributed by atoms with Crippen LogP contribution in [0.5, 0.6) is 0 Å². The Hall–Kier alpha value is -2.50. The van der Waals surface area contributed by atoms with Gasteiger partial charge in [0, 0.05) is 17.7 Å². The third kappa shape index (κ3) is 2.00. The Labute approximate surface area is 102 Å². The van der Waals surface area contributed by atoms with E-state index in [2.05, 4.69) is 0 Å². The second kappa shape index (κ2) is 4.40. The molecule has 1 heterocycles. The zero-order chi connectivity index (χ0) is 13.3. The predicted molar refractivity (Wildman–Crippen MR) is 61.1 cm³/mol. The molecule has 1 aliphatic heterocycles. The van der Waals surface area contributed by atoms with Crippen molar-refractivity contribution >= 4 is 17.4 Å². The van der Waals surface area contributed by atoms with E-state index in [1.165, 1.54) is 24.3 Å². The Morgan fingerprint density at radius 1 is 1.33 bits per heavy atom. The van der Waals surface area contributed by atoms with Crippen molar-refractivity contribution in [2.75, 3.05) is 6.61 Å². The van der Waals surface area contributed by atoms with E-state index in [9.17, 15) is 19.7 Å². The van der Waals surface area contributed by atoms with Gasteiger partial charge in [0.2, 0.25) is 0 Å². The molecule has 0 spiro atoms. The molecule has 0 bridgehead atoms. The zero-order valence-corrected chi connectivity index (χ0v) is 9.50. The first kappa shape index (κ1) is 12.0. The molecule has 0 N–H and O–H groups in total. The topological polar surface area (TPSA) is 86.5 Å². The number of Topliss-reactive ketones (excluding diaryl/α,β-unsaturated/α-hetero) is 1. The first-order valence-corrected chi connectivity index (χ1v) is 5.16. The van der Waals surface area contributed by atoms with E-state index in [1.54, 1.807) is 6.92 Å². The number of rotatable bonds is 3. The van der Waals surface area contributed by atoms with Crippen molar-refractivity contribution in [3.05, 3.63) is 51.1 Å². The molecule has 0 amide bonds. The highest BCUT2D eigenvalue weighted by Crippen LogP contribution is 2.21. The van der Waals surface area contributed by atoms with E-state index in [0.717, 1.165) is 0 Å². The number of esters is 1. The van der Waals surface area contributed by atoms with Crippen molar-refractivity contribution in [2.24, 2.45) is 0 Å². The number of nitro groups is 1. The standard InChI is InChI=1S/C12H9NO5/c1-7-6-18-12(15)10(7)11(14)8-2-4-9(5-3-8)13(16)17/h2-5H,6H2,1H3. The van der Waals surface area contributed by atoms with Crippen LogP contribution in [-0.4, -0.2) is 23.3 Å². The number of hydrogen-bond acceptors (Lipinski definition) is 5. The van der Waals surface area contributed by atoms with Gasteiger partial charge in [-0.3, -0.25) is 14.9 Å². The first-order chi connectivity index (χ1) is 8.50. The molecule has 1 aliphatic rings. The zero-order valence-electron chi connectivity index (χ0n) is 9.50. The van der Waals surface area contributed by atoms with Crippen LogP contribution >= 0.6 is 0 Å². The number of nitro benzene ring substituents is 1. The summed E-state index contributed by atoms with van der Waals surface area (Å²) >= 11 is 0. The molecule has 0 aromatic heterocycles. The van der Waals surface area contributed by atoms with Gasteiger partial charge in [0.15, 0.2) is 5.78 Å². The average molecular weight is 247 g/mol. The predicted octanol–water partition coefficient (Wildman–Crippen LogP) is 1.65. The summed E-state index contributed by atoms with van der Waals surface area (Å²) in [5.41, 5.74) is 0.715. The van der Waals surface area contributed by atoms with Crippen LogP contribution < -0.4 is 0 Å². The van der Waals surface area contributed by atoms with Crippen LogP contribution in [0, 0.1) is 10.1 Å². The molecular weight excluding hydrogens is 238 g/mol. The molecule has 0 atom stereocenters. The number of ether oxygens (including phenoxy) is 1. The van der Waals surface area contributed by atoms with Crippen molar-refractivity contribution < 1.29 is 19.2 Å². The Morgan fingerprint density at radius 3 is 2.39 bits per heavy atom. The number of carbonyl (C=O) groups excluding carboxylic acids is 2. The molecule has 0 radical (unpaired) electrons. The number of hydrogen-bond donors (Lipinski definition) is 0. The molecule has 1 aromatic carbocycles. The van der Waals surface area contributed by atoms with Crippen molar-refractivity contribution in [1.82, 2.24) is 0 Å². The van der Waals surface area contributed by atoms with E-state index in [1.807, 2.05) is 0 Å². The largest absolute Gasteiger partial charge is 0.457 e. The van der Waals surface area contributed by atoms with Gasteiger partial charge < -0.3 is 4.74 Å². The van der Waals surface area contributed by atoms with Gasteiger partial charge >= 0.3 is 5.97 Å². The Balaban J connectivity index is 2.32. The summed E-state index contributed by atoms with van der Waals surface area (Å²) in [5.74, 6) is -1.11. The third-order valence-electron chi connectivity index (χ3n) is 2.62. The van der Waals surface area contributed by atoms with E-state index in [4.69, 9.17) is 4.74 Å². The van der Waals surface area contributed by atoms with E-state index in [0.29, 0.717) is 5.57 Å². The second-order valence-corrected chi connectivity index (χ2v) is 3.86. The molecule has 0 saturated heterocycles. The molecule has 6 heteroatoms. The molecule has 0 fully saturated rings. The molecule has 18 heavy (non-hydrogen) atoms. The molecular formula is C12H9NO5. The number of ketones is 1. The molecule has 1 aromatic rings. The van der Waals surface area contributed by atoms with E-state index < -0.39 is 16.7 Å². The van der Waals surface area contributed by atoms with Gasteiger partial charge in [0.25, 0.3) is 5.69 Å². The number of nitrogens with zero attached hydrogens (tertiary/aromatic N) is 1.